The molecule has 0 amide bonds. The highest BCUT2D eigenvalue weighted by atomic mass is 16.5. The SMILES string of the molecule is CCOC(=O)c1cc(OC(C)=O)c2ccoc2c1. The van der Waals surface area contributed by atoms with E-state index in [9.17, 15) is 9.59 Å². The quantitative estimate of drug-likeness (QED) is 0.616. The van der Waals surface area contributed by atoms with E-state index in [-0.39, 0.29) is 17.9 Å². The molecule has 5 nitrogen and oxygen atoms in total. The maximum absolute atomic E-state index is 11.6. The van der Waals surface area contributed by atoms with Crippen molar-refractivity contribution >= 4 is 22.9 Å². The smallest absolute Gasteiger partial charge is 0.338 e. The molecular weight excluding hydrogens is 236 g/mol. The Morgan fingerprint density at radius 2 is 2.11 bits per heavy atom. The second kappa shape index (κ2) is 4.91. The van der Waals surface area contributed by atoms with Crippen LogP contribution >= 0.6 is 0 Å². The molecule has 0 unspecified atom stereocenters. The highest BCUT2D eigenvalue weighted by Crippen LogP contribution is 2.29. The van der Waals surface area contributed by atoms with Crippen molar-refractivity contribution in [2.75, 3.05) is 6.61 Å². The molecule has 0 bridgehead atoms. The van der Waals surface area contributed by atoms with Gasteiger partial charge in [-0.1, -0.05) is 0 Å². The van der Waals surface area contributed by atoms with Gasteiger partial charge in [-0.2, -0.15) is 0 Å². The lowest BCUT2D eigenvalue weighted by molar-refractivity contribution is -0.131. The Morgan fingerprint density at radius 1 is 1.33 bits per heavy atom. The van der Waals surface area contributed by atoms with Crippen molar-refractivity contribution in [2.45, 2.75) is 13.8 Å². The van der Waals surface area contributed by atoms with E-state index in [4.69, 9.17) is 13.9 Å². The zero-order valence-electron chi connectivity index (χ0n) is 10.1. The highest BCUT2D eigenvalue weighted by Gasteiger charge is 2.14. The van der Waals surface area contributed by atoms with Crippen LogP contribution in [0, 0.1) is 0 Å². The number of rotatable bonds is 3. The molecule has 0 N–H and O–H groups in total. The molecule has 0 atom stereocenters. The molecule has 2 aromatic rings. The van der Waals surface area contributed by atoms with Gasteiger partial charge in [0.15, 0.2) is 0 Å². The Labute approximate surface area is 103 Å². The molecule has 94 valence electrons. The summed E-state index contributed by atoms with van der Waals surface area (Å²) in [5.41, 5.74) is 0.757. The fourth-order valence-corrected chi connectivity index (χ4v) is 1.61. The number of benzene rings is 1. The second-order valence-corrected chi connectivity index (χ2v) is 3.62. The van der Waals surface area contributed by atoms with Gasteiger partial charge in [-0.15, -0.1) is 0 Å². The van der Waals surface area contributed by atoms with Crippen molar-refractivity contribution < 1.29 is 23.5 Å². The molecule has 0 aliphatic carbocycles. The first-order chi connectivity index (χ1) is 8.61. The third-order valence-corrected chi connectivity index (χ3v) is 2.30. The van der Waals surface area contributed by atoms with Gasteiger partial charge in [-0.25, -0.2) is 4.79 Å². The summed E-state index contributed by atoms with van der Waals surface area (Å²) in [6, 6.07) is 4.69. The minimum atomic E-state index is -0.482. The molecule has 0 spiro atoms. The van der Waals surface area contributed by atoms with Crippen molar-refractivity contribution in [3.63, 3.8) is 0 Å². The summed E-state index contributed by atoms with van der Waals surface area (Å²) in [6.45, 7) is 3.29. The van der Waals surface area contributed by atoms with Crippen LogP contribution < -0.4 is 4.74 Å². The molecule has 1 aromatic heterocycles. The van der Waals surface area contributed by atoms with Gasteiger partial charge >= 0.3 is 11.9 Å². The lowest BCUT2D eigenvalue weighted by atomic mass is 10.1. The van der Waals surface area contributed by atoms with Crippen LogP contribution in [0.1, 0.15) is 24.2 Å². The number of carbonyl (C=O) groups is 2. The molecule has 0 aliphatic heterocycles. The summed E-state index contributed by atoms with van der Waals surface area (Å²) in [7, 11) is 0. The van der Waals surface area contributed by atoms with Gasteiger partial charge in [0.2, 0.25) is 0 Å². The van der Waals surface area contributed by atoms with Crippen LogP contribution in [-0.4, -0.2) is 18.5 Å². The Morgan fingerprint density at radius 3 is 2.78 bits per heavy atom. The fraction of sp³-hybridized carbons (Fsp3) is 0.231. The topological polar surface area (TPSA) is 65.7 Å². The summed E-state index contributed by atoms with van der Waals surface area (Å²) >= 11 is 0. The van der Waals surface area contributed by atoms with Crippen molar-refractivity contribution in [3.8, 4) is 5.75 Å². The number of carbonyl (C=O) groups excluding carboxylic acids is 2. The molecule has 0 aliphatic rings. The summed E-state index contributed by atoms with van der Waals surface area (Å²) < 4.78 is 15.2. The van der Waals surface area contributed by atoms with E-state index >= 15 is 0 Å². The van der Waals surface area contributed by atoms with Crippen LogP contribution in [-0.2, 0) is 9.53 Å². The van der Waals surface area contributed by atoms with Gasteiger partial charge in [0.1, 0.15) is 11.3 Å². The average Bonchev–Trinajstić information content (AvgIpc) is 2.76. The van der Waals surface area contributed by atoms with Crippen LogP contribution in [0.5, 0.6) is 5.75 Å². The fourth-order valence-electron chi connectivity index (χ4n) is 1.61. The first-order valence-corrected chi connectivity index (χ1v) is 5.48. The molecule has 0 fully saturated rings. The molecule has 5 heteroatoms. The lowest BCUT2D eigenvalue weighted by Gasteiger charge is -2.06. The van der Waals surface area contributed by atoms with E-state index in [1.165, 1.54) is 19.3 Å². The van der Waals surface area contributed by atoms with Crippen LogP contribution in [0.15, 0.2) is 28.9 Å². The standard InChI is InChI=1S/C13H12O5/c1-3-16-13(15)9-6-11-10(4-5-17-11)12(7-9)18-8(2)14/h4-7H,3H2,1-2H3. The van der Waals surface area contributed by atoms with Crippen molar-refractivity contribution in [2.24, 2.45) is 0 Å². The van der Waals surface area contributed by atoms with Crippen LogP contribution in [0.25, 0.3) is 11.0 Å². The average molecular weight is 248 g/mol. The van der Waals surface area contributed by atoms with Crippen molar-refractivity contribution in [3.05, 3.63) is 30.0 Å². The summed E-state index contributed by atoms with van der Waals surface area (Å²) in [6.07, 6.45) is 1.46. The van der Waals surface area contributed by atoms with Crippen LogP contribution in [0.4, 0.5) is 0 Å². The van der Waals surface area contributed by atoms with Gasteiger partial charge in [0, 0.05) is 6.92 Å². The highest BCUT2D eigenvalue weighted by molar-refractivity contribution is 5.97. The Kier molecular flexibility index (Phi) is 3.32. The van der Waals surface area contributed by atoms with Crippen molar-refractivity contribution in [1.82, 2.24) is 0 Å². The van der Waals surface area contributed by atoms with Gasteiger partial charge < -0.3 is 13.9 Å². The van der Waals surface area contributed by atoms with Gasteiger partial charge in [-0.3, -0.25) is 4.79 Å². The largest absolute Gasteiger partial charge is 0.464 e. The minimum absolute atomic E-state index is 0.276. The number of fused-ring (bicyclic) bond motifs is 1. The molecule has 1 heterocycles. The van der Waals surface area contributed by atoms with Crippen molar-refractivity contribution in [1.29, 1.82) is 0 Å². The maximum Gasteiger partial charge on any atom is 0.338 e. The molecule has 1 aromatic carbocycles. The zero-order valence-corrected chi connectivity index (χ0v) is 10.1. The molecule has 0 radical (unpaired) electrons. The molecule has 18 heavy (non-hydrogen) atoms. The maximum atomic E-state index is 11.6. The predicted molar refractivity (Wildman–Crippen MR) is 63.5 cm³/mol. The summed E-state index contributed by atoms with van der Waals surface area (Å²) in [4.78, 5) is 22.7. The Balaban J connectivity index is 2.49. The van der Waals surface area contributed by atoms with E-state index in [0.717, 1.165) is 0 Å². The first kappa shape index (κ1) is 12.2. The van der Waals surface area contributed by atoms with E-state index in [1.807, 2.05) is 0 Å². The van der Waals surface area contributed by atoms with E-state index < -0.39 is 11.9 Å². The third kappa shape index (κ3) is 2.34. The minimum Gasteiger partial charge on any atom is -0.464 e. The third-order valence-electron chi connectivity index (χ3n) is 2.30. The summed E-state index contributed by atoms with van der Waals surface area (Å²) in [5, 5.41) is 0.637. The molecule has 0 saturated heterocycles. The number of hydrogen-bond acceptors (Lipinski definition) is 5. The number of ether oxygens (including phenoxy) is 2. The molecule has 2 rings (SSSR count). The summed E-state index contributed by atoms with van der Waals surface area (Å²) in [5.74, 6) is -0.653. The molecular formula is C13H12O5. The predicted octanol–water partition coefficient (Wildman–Crippen LogP) is 2.53. The van der Waals surface area contributed by atoms with Crippen LogP contribution in [0.3, 0.4) is 0 Å². The zero-order chi connectivity index (χ0) is 13.1. The Bertz CT molecular complexity index is 596. The number of esters is 2. The first-order valence-electron chi connectivity index (χ1n) is 5.48. The van der Waals surface area contributed by atoms with Gasteiger partial charge in [-0.05, 0) is 25.1 Å². The van der Waals surface area contributed by atoms with E-state index in [2.05, 4.69) is 0 Å². The molecule has 0 saturated carbocycles. The van der Waals surface area contributed by atoms with Gasteiger partial charge in [0.25, 0.3) is 0 Å². The number of furan rings is 1. The van der Waals surface area contributed by atoms with Gasteiger partial charge in [0.05, 0.1) is 23.8 Å². The van der Waals surface area contributed by atoms with E-state index in [0.29, 0.717) is 11.0 Å². The lowest BCUT2D eigenvalue weighted by Crippen LogP contribution is -2.06. The Hall–Kier alpha value is -2.30. The number of hydrogen-bond donors (Lipinski definition) is 0. The monoisotopic (exact) mass is 248 g/mol. The second-order valence-electron chi connectivity index (χ2n) is 3.62. The van der Waals surface area contributed by atoms with E-state index in [1.54, 1.807) is 19.1 Å². The van der Waals surface area contributed by atoms with Crippen LogP contribution in [0.2, 0.25) is 0 Å². The normalized spacial score (nSPS) is 10.3.